The normalized spacial score (nSPS) is 21.6. The number of nitrogens with zero attached hydrogens (tertiary/aromatic N) is 5. The molecular weight excluding hydrogens is 673 g/mol. The van der Waals surface area contributed by atoms with Crippen LogP contribution in [-0.4, -0.2) is 94.5 Å². The zero-order valence-corrected chi connectivity index (χ0v) is 27.1. The van der Waals surface area contributed by atoms with E-state index in [-0.39, 0.29) is 18.6 Å². The summed E-state index contributed by atoms with van der Waals surface area (Å²) in [4.78, 5) is 53.9. The summed E-state index contributed by atoms with van der Waals surface area (Å²) in [5.41, 5.74) is 1.34. The maximum atomic E-state index is 15.6. The van der Waals surface area contributed by atoms with Gasteiger partial charge in [-0.05, 0) is 42.2 Å². The van der Waals surface area contributed by atoms with Crippen LogP contribution in [0.15, 0.2) is 54.9 Å². The van der Waals surface area contributed by atoms with Crippen molar-refractivity contribution in [2.45, 2.75) is 43.9 Å². The van der Waals surface area contributed by atoms with E-state index >= 15 is 8.78 Å². The van der Waals surface area contributed by atoms with Crippen molar-refractivity contribution in [1.29, 1.82) is 0 Å². The summed E-state index contributed by atoms with van der Waals surface area (Å²) in [6.45, 7) is -2.67. The summed E-state index contributed by atoms with van der Waals surface area (Å²) < 4.78 is 84.0. The molecule has 49 heavy (non-hydrogen) atoms. The summed E-state index contributed by atoms with van der Waals surface area (Å²) in [6.07, 6.45) is 1.43. The number of aryl methyl sites for hydroxylation is 2. The van der Waals surface area contributed by atoms with Crippen LogP contribution in [0.3, 0.4) is 0 Å². The van der Waals surface area contributed by atoms with Gasteiger partial charge in [0.15, 0.2) is 0 Å². The second-order valence-electron chi connectivity index (χ2n) is 11.9. The van der Waals surface area contributed by atoms with Crippen molar-refractivity contribution in [3.63, 3.8) is 0 Å². The molecule has 3 heterocycles. The number of rotatable bonds is 9. The van der Waals surface area contributed by atoms with Crippen molar-refractivity contribution in [3.05, 3.63) is 77.4 Å². The fourth-order valence-corrected chi connectivity index (χ4v) is 7.44. The van der Waals surface area contributed by atoms with E-state index < -0.39 is 83.8 Å². The molecule has 2 aromatic carbocycles. The van der Waals surface area contributed by atoms with Gasteiger partial charge in [-0.2, -0.15) is 17.8 Å². The number of ether oxygens (including phenoxy) is 2. The lowest BCUT2D eigenvalue weighted by molar-refractivity contribution is -0.147. The Balaban J connectivity index is 1.26. The van der Waals surface area contributed by atoms with E-state index in [1.807, 2.05) is 12.3 Å². The highest BCUT2D eigenvalue weighted by Gasteiger charge is 2.60. The number of halogens is 3. The van der Waals surface area contributed by atoms with Crippen molar-refractivity contribution in [2.24, 2.45) is 7.05 Å². The van der Waals surface area contributed by atoms with Gasteiger partial charge in [0, 0.05) is 43.9 Å². The van der Waals surface area contributed by atoms with Gasteiger partial charge in [-0.15, -0.1) is 0 Å². The summed E-state index contributed by atoms with van der Waals surface area (Å²) in [7, 11) is -3.06. The second-order valence-corrected chi connectivity index (χ2v) is 13.6. The van der Waals surface area contributed by atoms with Gasteiger partial charge in [0.05, 0.1) is 19.3 Å². The van der Waals surface area contributed by atoms with Crippen LogP contribution in [0.1, 0.15) is 30.0 Å². The molecule has 2 fully saturated rings. The van der Waals surface area contributed by atoms with Crippen LogP contribution in [0.25, 0.3) is 11.1 Å². The molecule has 1 N–H and O–H groups in total. The molecule has 0 bridgehead atoms. The van der Waals surface area contributed by atoms with E-state index in [4.69, 9.17) is 4.74 Å². The first-order valence-electron chi connectivity index (χ1n) is 15.2. The topological polar surface area (TPSA) is 160 Å². The molecule has 2 aliphatic heterocycles. The predicted molar refractivity (Wildman–Crippen MR) is 163 cm³/mol. The van der Waals surface area contributed by atoms with E-state index in [2.05, 4.69) is 9.84 Å². The van der Waals surface area contributed by atoms with Crippen LogP contribution >= 0.6 is 0 Å². The van der Waals surface area contributed by atoms with E-state index in [0.29, 0.717) is 26.1 Å². The molecule has 0 radical (unpaired) electrons. The number of benzene rings is 2. The number of hydrogen-bond donors (Lipinski definition) is 1. The maximum absolute atomic E-state index is 15.6. The Labute approximate surface area is 278 Å². The molecular formula is C31H31F3N6O8S. The molecule has 0 saturated carbocycles. The number of imide groups is 1. The van der Waals surface area contributed by atoms with Gasteiger partial charge in [-0.3, -0.25) is 14.3 Å². The Morgan fingerprint density at radius 1 is 1.14 bits per heavy atom. The molecule has 1 aromatic heterocycles. The van der Waals surface area contributed by atoms with Crippen LogP contribution in [0.2, 0.25) is 0 Å². The lowest BCUT2D eigenvalue weighted by atomic mass is 9.93. The van der Waals surface area contributed by atoms with Gasteiger partial charge in [0.25, 0.3) is 11.8 Å². The van der Waals surface area contributed by atoms with Gasteiger partial charge in [0.1, 0.15) is 18.4 Å². The van der Waals surface area contributed by atoms with E-state index in [9.17, 15) is 32.0 Å². The minimum absolute atomic E-state index is 0.0916. The largest absolute Gasteiger partial charge is 0.449 e. The summed E-state index contributed by atoms with van der Waals surface area (Å²) in [5, 5.41) is 4.17. The molecule has 3 aromatic rings. The van der Waals surface area contributed by atoms with Gasteiger partial charge in [-0.1, -0.05) is 30.3 Å². The number of hydrogen-bond acceptors (Lipinski definition) is 9. The molecule has 18 heteroatoms. The summed E-state index contributed by atoms with van der Waals surface area (Å²) >= 11 is 0. The summed E-state index contributed by atoms with van der Waals surface area (Å²) in [6, 6.07) is 7.77. The Kier molecular flexibility index (Phi) is 8.64. The number of carbonyl (C=O) groups is 4. The molecule has 14 nitrogen and oxygen atoms in total. The van der Waals surface area contributed by atoms with Crippen molar-refractivity contribution in [2.75, 3.05) is 26.2 Å². The lowest BCUT2D eigenvalue weighted by Crippen LogP contribution is -2.53. The zero-order chi connectivity index (χ0) is 35.3. The van der Waals surface area contributed by atoms with Gasteiger partial charge < -0.3 is 14.4 Å². The van der Waals surface area contributed by atoms with Crippen molar-refractivity contribution >= 4 is 34.2 Å². The highest BCUT2D eigenvalue weighted by atomic mass is 32.2. The molecule has 2 saturated heterocycles. The molecule has 1 unspecified atom stereocenters. The first-order valence-corrected chi connectivity index (χ1v) is 16.6. The number of aromatic nitrogens is 2. The molecule has 3 aliphatic rings. The van der Waals surface area contributed by atoms with Crippen LogP contribution < -0.4 is 4.72 Å². The first kappa shape index (κ1) is 33.9. The van der Waals surface area contributed by atoms with Gasteiger partial charge in [0.2, 0.25) is 11.5 Å². The van der Waals surface area contributed by atoms with Crippen LogP contribution in [0.4, 0.5) is 22.8 Å². The Morgan fingerprint density at radius 2 is 1.88 bits per heavy atom. The third-order valence-corrected chi connectivity index (χ3v) is 10.1. The number of amides is 4. The number of carbonyl (C=O) groups excluding carboxylic acids is 4. The summed E-state index contributed by atoms with van der Waals surface area (Å²) in [5.74, 6) is -6.46. The molecule has 260 valence electrons. The minimum atomic E-state index is -4.83. The van der Waals surface area contributed by atoms with E-state index in [1.54, 1.807) is 34.8 Å². The Morgan fingerprint density at radius 3 is 2.55 bits per heavy atom. The molecule has 1 aliphatic carbocycles. The smallest absolute Gasteiger partial charge is 0.421 e. The second kappa shape index (κ2) is 12.5. The molecule has 4 amide bonds. The van der Waals surface area contributed by atoms with Crippen LogP contribution in [-0.2, 0) is 54.9 Å². The van der Waals surface area contributed by atoms with Gasteiger partial charge >= 0.3 is 22.4 Å². The zero-order valence-electron chi connectivity index (χ0n) is 26.3. The Hall–Kier alpha value is -4.97. The van der Waals surface area contributed by atoms with Gasteiger partial charge in [-0.25, -0.2) is 32.4 Å². The fourth-order valence-electron chi connectivity index (χ4n) is 6.36. The quantitative estimate of drug-likeness (QED) is 0.353. The monoisotopic (exact) mass is 704 g/mol. The highest BCUT2D eigenvalue weighted by Crippen LogP contribution is 2.46. The SMILES string of the molecule is CCOC(=O)NS(=O)(=O)N1CC(N(Cc2ccc(F)cc2)C(=O)CN2C(=O)O[C@@]3(CCc4cc(-c5cnn(C)c5)ccc43)C2=O)C(F)(F)C1. The van der Waals surface area contributed by atoms with Crippen molar-refractivity contribution in [1.82, 2.24) is 28.6 Å². The average molecular weight is 705 g/mol. The highest BCUT2D eigenvalue weighted by molar-refractivity contribution is 7.87. The van der Waals surface area contributed by atoms with Crippen LogP contribution in [0, 0.1) is 5.82 Å². The molecule has 1 spiro atoms. The van der Waals surface area contributed by atoms with Crippen molar-refractivity contribution < 1.29 is 50.2 Å². The minimum Gasteiger partial charge on any atom is -0.449 e. The standard InChI is InChI=1S/C31H31F3N6O8S/c1-3-47-28(43)36-49(45,46)38-16-25(31(33,34)18-38)39(14-19-4-7-23(32)8-5-19)26(41)17-40-27(42)30(48-29(40)44)11-10-21-12-20(6-9-24(21)30)22-13-35-37(2)15-22/h4-9,12-13,15,25H,3,10-11,14,16-18H2,1-2H3,(H,36,43)/t25?,30-/m1/s1. The van der Waals surface area contributed by atoms with Crippen molar-refractivity contribution in [3.8, 4) is 11.1 Å². The van der Waals surface area contributed by atoms with E-state index in [0.717, 1.165) is 28.8 Å². The molecule has 6 rings (SSSR count). The fraction of sp³-hybridized carbons (Fsp3) is 0.387. The molecule has 2 atom stereocenters. The maximum Gasteiger partial charge on any atom is 0.421 e. The number of fused-ring (bicyclic) bond motifs is 2. The lowest BCUT2D eigenvalue weighted by Gasteiger charge is -2.33. The van der Waals surface area contributed by atoms with E-state index in [1.165, 1.54) is 19.1 Å². The number of alkyl halides is 2. The average Bonchev–Trinajstić information content (AvgIpc) is 3.78. The third-order valence-electron chi connectivity index (χ3n) is 8.73. The Bertz CT molecular complexity index is 1940. The first-order chi connectivity index (χ1) is 23.1. The number of nitrogens with one attached hydrogen (secondary N) is 1. The predicted octanol–water partition coefficient (Wildman–Crippen LogP) is 2.69. The third kappa shape index (κ3) is 6.32. The van der Waals surface area contributed by atoms with Crippen LogP contribution in [0.5, 0.6) is 0 Å².